The number of benzene rings is 1. The van der Waals surface area contributed by atoms with Gasteiger partial charge >= 0.3 is 0 Å². The number of hydrogen-bond donors (Lipinski definition) is 1. The minimum Gasteiger partial charge on any atom is -0.463 e. The SMILES string of the molecule is O=C(CSc1nccc(-c2ccco2)n1)Nc1nn(Cc2ccccc2)cc1Cl. The van der Waals surface area contributed by atoms with Gasteiger partial charge in [-0.25, -0.2) is 9.97 Å². The second-order valence-electron chi connectivity index (χ2n) is 6.05. The van der Waals surface area contributed by atoms with Gasteiger partial charge in [0.15, 0.2) is 16.7 Å². The fourth-order valence-corrected chi connectivity index (χ4v) is 3.43. The van der Waals surface area contributed by atoms with Gasteiger partial charge in [0.1, 0.15) is 10.7 Å². The Bertz CT molecular complexity index is 1100. The lowest BCUT2D eigenvalue weighted by Crippen LogP contribution is -2.15. The number of rotatable bonds is 7. The first-order valence-electron chi connectivity index (χ1n) is 8.74. The Balaban J connectivity index is 1.35. The van der Waals surface area contributed by atoms with Crippen molar-refractivity contribution >= 4 is 35.1 Å². The first-order chi connectivity index (χ1) is 14.2. The number of anilines is 1. The predicted molar refractivity (Wildman–Crippen MR) is 112 cm³/mol. The van der Waals surface area contributed by atoms with E-state index in [2.05, 4.69) is 20.4 Å². The fraction of sp³-hybridized carbons (Fsp3) is 0.100. The summed E-state index contributed by atoms with van der Waals surface area (Å²) in [6, 6.07) is 15.2. The van der Waals surface area contributed by atoms with E-state index < -0.39 is 0 Å². The Morgan fingerprint density at radius 1 is 1.17 bits per heavy atom. The van der Waals surface area contributed by atoms with Gasteiger partial charge in [-0.1, -0.05) is 53.7 Å². The molecule has 4 aromatic rings. The van der Waals surface area contributed by atoms with E-state index in [-0.39, 0.29) is 11.7 Å². The van der Waals surface area contributed by atoms with E-state index in [1.165, 1.54) is 11.8 Å². The van der Waals surface area contributed by atoms with Gasteiger partial charge in [-0.3, -0.25) is 9.48 Å². The lowest BCUT2D eigenvalue weighted by atomic mass is 10.2. The summed E-state index contributed by atoms with van der Waals surface area (Å²) in [6.45, 7) is 0.568. The zero-order valence-electron chi connectivity index (χ0n) is 15.2. The van der Waals surface area contributed by atoms with E-state index in [0.29, 0.717) is 34.0 Å². The van der Waals surface area contributed by atoms with E-state index >= 15 is 0 Å². The van der Waals surface area contributed by atoms with Gasteiger partial charge in [0.25, 0.3) is 0 Å². The van der Waals surface area contributed by atoms with Gasteiger partial charge in [0.05, 0.1) is 18.6 Å². The quantitative estimate of drug-likeness (QED) is 0.349. The number of nitrogens with one attached hydrogen (secondary N) is 1. The van der Waals surface area contributed by atoms with Crippen molar-refractivity contribution in [2.75, 3.05) is 11.1 Å². The molecule has 1 aromatic carbocycles. The third-order valence-electron chi connectivity index (χ3n) is 3.90. The molecule has 29 heavy (non-hydrogen) atoms. The lowest BCUT2D eigenvalue weighted by Gasteiger charge is -2.04. The Hall–Kier alpha value is -3.10. The van der Waals surface area contributed by atoms with Crippen molar-refractivity contribution in [3.8, 4) is 11.5 Å². The summed E-state index contributed by atoms with van der Waals surface area (Å²) >= 11 is 7.43. The van der Waals surface area contributed by atoms with Crippen LogP contribution in [0.25, 0.3) is 11.5 Å². The monoisotopic (exact) mass is 425 g/mol. The molecule has 146 valence electrons. The highest BCUT2D eigenvalue weighted by molar-refractivity contribution is 7.99. The number of thioether (sulfide) groups is 1. The number of aromatic nitrogens is 4. The summed E-state index contributed by atoms with van der Waals surface area (Å²) in [6.07, 6.45) is 4.90. The lowest BCUT2D eigenvalue weighted by molar-refractivity contribution is -0.113. The van der Waals surface area contributed by atoms with Crippen molar-refractivity contribution in [2.24, 2.45) is 0 Å². The van der Waals surface area contributed by atoms with E-state index in [4.69, 9.17) is 16.0 Å². The Morgan fingerprint density at radius 2 is 2.03 bits per heavy atom. The van der Waals surface area contributed by atoms with Crippen LogP contribution in [0.15, 0.2) is 76.8 Å². The minimum absolute atomic E-state index is 0.128. The van der Waals surface area contributed by atoms with Crippen LogP contribution in [0, 0.1) is 0 Å². The number of hydrogen-bond acceptors (Lipinski definition) is 6. The smallest absolute Gasteiger partial charge is 0.236 e. The summed E-state index contributed by atoms with van der Waals surface area (Å²) in [5.41, 5.74) is 1.75. The van der Waals surface area contributed by atoms with Crippen LogP contribution in [0.3, 0.4) is 0 Å². The molecule has 0 aliphatic rings. The van der Waals surface area contributed by atoms with Gasteiger partial charge in [-0.2, -0.15) is 5.10 Å². The van der Waals surface area contributed by atoms with Crippen LogP contribution >= 0.6 is 23.4 Å². The zero-order valence-corrected chi connectivity index (χ0v) is 16.7. The van der Waals surface area contributed by atoms with Crippen LogP contribution in [0.1, 0.15) is 5.56 Å². The summed E-state index contributed by atoms with van der Waals surface area (Å²) < 4.78 is 7.02. The van der Waals surface area contributed by atoms with Crippen LogP contribution in [0.5, 0.6) is 0 Å². The normalized spacial score (nSPS) is 10.8. The highest BCUT2D eigenvalue weighted by Crippen LogP contribution is 2.22. The maximum atomic E-state index is 12.3. The number of amides is 1. The largest absolute Gasteiger partial charge is 0.463 e. The Labute approximate surface area is 176 Å². The van der Waals surface area contributed by atoms with Crippen molar-refractivity contribution in [2.45, 2.75) is 11.7 Å². The van der Waals surface area contributed by atoms with E-state index in [9.17, 15) is 4.79 Å². The molecule has 0 saturated carbocycles. The zero-order chi connectivity index (χ0) is 20.1. The second-order valence-corrected chi connectivity index (χ2v) is 7.40. The number of furan rings is 1. The Morgan fingerprint density at radius 3 is 2.83 bits per heavy atom. The third kappa shape index (κ3) is 5.04. The van der Waals surface area contributed by atoms with E-state index in [1.807, 2.05) is 36.4 Å². The molecular weight excluding hydrogens is 410 g/mol. The van der Waals surface area contributed by atoms with Gasteiger partial charge < -0.3 is 9.73 Å². The minimum atomic E-state index is -0.242. The van der Waals surface area contributed by atoms with Crippen molar-refractivity contribution < 1.29 is 9.21 Å². The van der Waals surface area contributed by atoms with Crippen LogP contribution in [-0.4, -0.2) is 31.4 Å². The average Bonchev–Trinajstić information content (AvgIpc) is 3.38. The number of carbonyl (C=O) groups is 1. The number of halogens is 1. The first-order valence-corrected chi connectivity index (χ1v) is 10.1. The molecule has 0 radical (unpaired) electrons. The van der Waals surface area contributed by atoms with Crippen LogP contribution in [-0.2, 0) is 11.3 Å². The highest BCUT2D eigenvalue weighted by Gasteiger charge is 2.13. The van der Waals surface area contributed by atoms with Crippen molar-refractivity contribution in [3.63, 3.8) is 0 Å². The molecule has 4 rings (SSSR count). The predicted octanol–water partition coefficient (Wildman–Crippen LogP) is 4.37. The molecule has 0 unspecified atom stereocenters. The van der Waals surface area contributed by atoms with Gasteiger partial charge in [-0.05, 0) is 23.8 Å². The second kappa shape index (κ2) is 8.93. The van der Waals surface area contributed by atoms with E-state index in [0.717, 1.165) is 5.56 Å². The van der Waals surface area contributed by atoms with Crippen molar-refractivity contribution in [1.82, 2.24) is 19.7 Å². The molecular formula is C20H16ClN5O2S. The summed E-state index contributed by atoms with van der Waals surface area (Å²) in [5, 5.41) is 7.94. The summed E-state index contributed by atoms with van der Waals surface area (Å²) in [7, 11) is 0. The molecule has 0 saturated heterocycles. The van der Waals surface area contributed by atoms with Crippen LogP contribution < -0.4 is 5.32 Å². The molecule has 7 nitrogen and oxygen atoms in total. The van der Waals surface area contributed by atoms with Crippen LogP contribution in [0.2, 0.25) is 5.02 Å². The standard InChI is InChI=1S/C20H16ClN5O2S/c21-15-12-26(11-14-5-2-1-3-6-14)25-19(15)24-18(27)13-29-20-22-9-8-16(23-20)17-7-4-10-28-17/h1-10,12H,11,13H2,(H,24,25,27). The molecule has 3 heterocycles. The molecule has 0 aliphatic heterocycles. The van der Waals surface area contributed by atoms with Crippen molar-refractivity contribution in [1.29, 1.82) is 0 Å². The Kier molecular flexibility index (Phi) is 5.92. The maximum Gasteiger partial charge on any atom is 0.236 e. The maximum absolute atomic E-state index is 12.3. The molecule has 0 fully saturated rings. The third-order valence-corrected chi connectivity index (χ3v) is 5.04. The molecule has 3 aromatic heterocycles. The first kappa shape index (κ1) is 19.2. The van der Waals surface area contributed by atoms with E-state index in [1.54, 1.807) is 35.5 Å². The molecule has 1 N–H and O–H groups in total. The summed E-state index contributed by atoms with van der Waals surface area (Å²) in [4.78, 5) is 20.9. The summed E-state index contributed by atoms with van der Waals surface area (Å²) in [5.74, 6) is 0.866. The average molecular weight is 426 g/mol. The molecule has 0 aliphatic carbocycles. The topological polar surface area (TPSA) is 85.8 Å². The molecule has 0 atom stereocenters. The molecule has 9 heteroatoms. The molecule has 0 bridgehead atoms. The van der Waals surface area contributed by atoms with Crippen LogP contribution in [0.4, 0.5) is 5.82 Å². The molecule has 1 amide bonds. The van der Waals surface area contributed by atoms with Gasteiger partial charge in [-0.15, -0.1) is 0 Å². The highest BCUT2D eigenvalue weighted by atomic mass is 35.5. The van der Waals surface area contributed by atoms with Crippen molar-refractivity contribution in [3.05, 3.63) is 77.8 Å². The number of carbonyl (C=O) groups excluding carboxylic acids is 1. The molecule has 0 spiro atoms. The van der Waals surface area contributed by atoms with Gasteiger partial charge in [0.2, 0.25) is 5.91 Å². The van der Waals surface area contributed by atoms with Gasteiger partial charge in [0, 0.05) is 12.4 Å². The number of nitrogens with zero attached hydrogens (tertiary/aromatic N) is 4. The fourth-order valence-electron chi connectivity index (χ4n) is 2.60.